The fraction of sp³-hybridized carbons (Fsp3) is 0.400. The van der Waals surface area contributed by atoms with E-state index >= 15 is 0 Å². The Morgan fingerprint density at radius 3 is 2.56 bits per heavy atom. The molecule has 3 unspecified atom stereocenters. The predicted octanol–water partition coefficient (Wildman–Crippen LogP) is 2.44. The molecule has 0 bridgehead atoms. The van der Waals surface area contributed by atoms with Crippen molar-refractivity contribution in [1.29, 1.82) is 0 Å². The maximum atomic E-state index is 11.2. The lowest BCUT2D eigenvalue weighted by atomic mass is 10.1. The Kier molecular flexibility index (Phi) is 7.24. The summed E-state index contributed by atoms with van der Waals surface area (Å²) in [6.45, 7) is 2.66. The lowest BCUT2D eigenvalue weighted by molar-refractivity contribution is -0.161. The standard InChI is InChI=1S/C20H22O5/c1-15(21)23-14-20-19(24-16(2)22)13-12-18(25-20)11-7-6-10-17-8-4-3-5-9-17/h3-5,8-9,12-13,18-20H,6,10,14H2,1-2H3. The molecule has 132 valence electrons. The Balaban J connectivity index is 1.91. The van der Waals surface area contributed by atoms with Crippen molar-refractivity contribution in [1.82, 2.24) is 0 Å². The molecule has 1 aliphatic heterocycles. The normalized spacial score (nSPS) is 21.8. The van der Waals surface area contributed by atoms with E-state index in [2.05, 4.69) is 24.0 Å². The van der Waals surface area contributed by atoms with Crippen LogP contribution < -0.4 is 0 Å². The Morgan fingerprint density at radius 1 is 1.12 bits per heavy atom. The van der Waals surface area contributed by atoms with Gasteiger partial charge in [-0.05, 0) is 24.1 Å². The Morgan fingerprint density at radius 2 is 1.88 bits per heavy atom. The van der Waals surface area contributed by atoms with Crippen molar-refractivity contribution in [3.8, 4) is 11.8 Å². The molecule has 0 fully saturated rings. The molecule has 1 aliphatic rings. The third-order valence-corrected chi connectivity index (χ3v) is 3.54. The lowest BCUT2D eigenvalue weighted by Crippen LogP contribution is -2.41. The number of rotatable bonds is 5. The minimum Gasteiger partial charge on any atom is -0.463 e. The maximum absolute atomic E-state index is 11.2. The molecule has 2 rings (SSSR count). The molecule has 0 saturated carbocycles. The molecule has 1 aromatic carbocycles. The fourth-order valence-corrected chi connectivity index (χ4v) is 2.39. The maximum Gasteiger partial charge on any atom is 0.303 e. The van der Waals surface area contributed by atoms with E-state index in [4.69, 9.17) is 14.2 Å². The van der Waals surface area contributed by atoms with Gasteiger partial charge in [-0.25, -0.2) is 0 Å². The van der Waals surface area contributed by atoms with Gasteiger partial charge in [-0.2, -0.15) is 0 Å². The zero-order chi connectivity index (χ0) is 18.1. The van der Waals surface area contributed by atoms with E-state index < -0.39 is 30.3 Å². The van der Waals surface area contributed by atoms with Crippen molar-refractivity contribution in [3.63, 3.8) is 0 Å². The van der Waals surface area contributed by atoms with Gasteiger partial charge in [-0.1, -0.05) is 42.2 Å². The van der Waals surface area contributed by atoms with Gasteiger partial charge < -0.3 is 14.2 Å². The first-order chi connectivity index (χ1) is 12.0. The first-order valence-electron chi connectivity index (χ1n) is 8.21. The van der Waals surface area contributed by atoms with E-state index in [1.54, 1.807) is 12.2 Å². The van der Waals surface area contributed by atoms with Crippen molar-refractivity contribution in [3.05, 3.63) is 48.0 Å². The fourth-order valence-electron chi connectivity index (χ4n) is 2.39. The Hall–Kier alpha value is -2.58. The van der Waals surface area contributed by atoms with E-state index in [9.17, 15) is 9.59 Å². The highest BCUT2D eigenvalue weighted by Crippen LogP contribution is 2.17. The zero-order valence-electron chi connectivity index (χ0n) is 14.4. The molecule has 0 aromatic heterocycles. The largest absolute Gasteiger partial charge is 0.463 e. The first kappa shape index (κ1) is 18.8. The van der Waals surface area contributed by atoms with E-state index in [1.165, 1.54) is 19.4 Å². The number of aryl methyl sites for hydroxylation is 1. The summed E-state index contributed by atoms with van der Waals surface area (Å²) in [6.07, 6.45) is 3.52. The van der Waals surface area contributed by atoms with E-state index in [1.807, 2.05) is 18.2 Å². The second-order valence-corrected chi connectivity index (χ2v) is 5.66. The molecular formula is C20H22O5. The molecule has 0 N–H and O–H groups in total. The topological polar surface area (TPSA) is 61.8 Å². The highest BCUT2D eigenvalue weighted by molar-refractivity contribution is 5.66. The van der Waals surface area contributed by atoms with Gasteiger partial charge in [0.1, 0.15) is 24.9 Å². The smallest absolute Gasteiger partial charge is 0.303 e. The number of carbonyl (C=O) groups excluding carboxylic acids is 2. The molecule has 5 nitrogen and oxygen atoms in total. The van der Waals surface area contributed by atoms with Gasteiger partial charge in [0, 0.05) is 20.3 Å². The average Bonchev–Trinajstić information content (AvgIpc) is 2.59. The zero-order valence-corrected chi connectivity index (χ0v) is 14.4. The van der Waals surface area contributed by atoms with Crippen LogP contribution in [0.1, 0.15) is 25.8 Å². The van der Waals surface area contributed by atoms with Gasteiger partial charge in [0.25, 0.3) is 0 Å². The molecular weight excluding hydrogens is 320 g/mol. The predicted molar refractivity (Wildman–Crippen MR) is 92.5 cm³/mol. The van der Waals surface area contributed by atoms with Crippen LogP contribution in [0.5, 0.6) is 0 Å². The molecule has 0 radical (unpaired) electrons. The molecule has 3 atom stereocenters. The summed E-state index contributed by atoms with van der Waals surface area (Å²) in [5.74, 6) is 5.32. The Labute approximate surface area is 148 Å². The molecule has 0 saturated heterocycles. The molecule has 0 amide bonds. The van der Waals surface area contributed by atoms with Crippen molar-refractivity contribution >= 4 is 11.9 Å². The molecule has 25 heavy (non-hydrogen) atoms. The third-order valence-electron chi connectivity index (χ3n) is 3.54. The highest BCUT2D eigenvalue weighted by Gasteiger charge is 2.29. The number of carbonyl (C=O) groups is 2. The van der Waals surface area contributed by atoms with Crippen molar-refractivity contribution < 1.29 is 23.8 Å². The van der Waals surface area contributed by atoms with Crippen molar-refractivity contribution in [2.24, 2.45) is 0 Å². The van der Waals surface area contributed by atoms with Crippen LogP contribution in [-0.4, -0.2) is 36.9 Å². The summed E-state index contributed by atoms with van der Waals surface area (Å²) >= 11 is 0. The quantitative estimate of drug-likeness (QED) is 0.467. The van der Waals surface area contributed by atoms with Crippen LogP contribution in [0.25, 0.3) is 0 Å². The average molecular weight is 342 g/mol. The van der Waals surface area contributed by atoms with Crippen LogP contribution in [0.3, 0.4) is 0 Å². The van der Waals surface area contributed by atoms with E-state index in [0.717, 1.165) is 12.8 Å². The SMILES string of the molecule is CC(=O)OCC1OC(C#CCCc2ccccc2)C=CC1OC(C)=O. The summed E-state index contributed by atoms with van der Waals surface area (Å²) in [6, 6.07) is 10.1. The third kappa shape index (κ3) is 6.82. The van der Waals surface area contributed by atoms with Crippen LogP contribution in [0.15, 0.2) is 42.5 Å². The van der Waals surface area contributed by atoms with E-state index in [0.29, 0.717) is 0 Å². The van der Waals surface area contributed by atoms with Crippen LogP contribution >= 0.6 is 0 Å². The summed E-state index contributed by atoms with van der Waals surface area (Å²) in [4.78, 5) is 22.2. The number of ether oxygens (including phenoxy) is 3. The summed E-state index contributed by atoms with van der Waals surface area (Å²) in [5.41, 5.74) is 1.24. The summed E-state index contributed by atoms with van der Waals surface area (Å²) < 4.78 is 16.0. The second kappa shape index (κ2) is 9.65. The van der Waals surface area contributed by atoms with Crippen LogP contribution in [0, 0.1) is 11.8 Å². The van der Waals surface area contributed by atoms with Crippen molar-refractivity contribution in [2.75, 3.05) is 6.61 Å². The van der Waals surface area contributed by atoms with Gasteiger partial charge in [0.2, 0.25) is 0 Å². The van der Waals surface area contributed by atoms with Crippen LogP contribution in [-0.2, 0) is 30.2 Å². The minimum atomic E-state index is -0.584. The van der Waals surface area contributed by atoms with Crippen molar-refractivity contribution in [2.45, 2.75) is 45.0 Å². The van der Waals surface area contributed by atoms with Gasteiger partial charge in [-0.15, -0.1) is 0 Å². The van der Waals surface area contributed by atoms with Crippen LogP contribution in [0.4, 0.5) is 0 Å². The minimum absolute atomic E-state index is 0.0137. The lowest BCUT2D eigenvalue weighted by Gasteiger charge is -2.29. The second-order valence-electron chi connectivity index (χ2n) is 5.66. The van der Waals surface area contributed by atoms with Gasteiger partial charge in [-0.3, -0.25) is 9.59 Å². The van der Waals surface area contributed by atoms with Gasteiger partial charge in [0.15, 0.2) is 0 Å². The van der Waals surface area contributed by atoms with E-state index in [-0.39, 0.29) is 6.61 Å². The van der Waals surface area contributed by atoms with Gasteiger partial charge in [0.05, 0.1) is 0 Å². The number of benzene rings is 1. The summed E-state index contributed by atoms with van der Waals surface area (Å²) in [7, 11) is 0. The molecule has 1 heterocycles. The molecule has 0 aliphatic carbocycles. The monoisotopic (exact) mass is 342 g/mol. The summed E-state index contributed by atoms with van der Waals surface area (Å²) in [5, 5.41) is 0. The molecule has 1 aromatic rings. The number of hydrogen-bond donors (Lipinski definition) is 0. The number of hydrogen-bond acceptors (Lipinski definition) is 5. The Bertz CT molecular complexity index is 668. The molecule has 0 spiro atoms. The highest BCUT2D eigenvalue weighted by atomic mass is 16.6. The van der Waals surface area contributed by atoms with Crippen LogP contribution in [0.2, 0.25) is 0 Å². The molecule has 5 heteroatoms. The first-order valence-corrected chi connectivity index (χ1v) is 8.21. The number of esters is 2. The van der Waals surface area contributed by atoms with Gasteiger partial charge >= 0.3 is 11.9 Å².